The summed E-state index contributed by atoms with van der Waals surface area (Å²) in [5.41, 5.74) is 1.61. The third kappa shape index (κ3) is 3.64. The Morgan fingerprint density at radius 3 is 2.83 bits per heavy atom. The fourth-order valence-electron chi connectivity index (χ4n) is 4.34. The standard InChI is InChI=1S/C21H27N3O4S/c1-12(17(25)22-11-13-7-6-10-28-13)23-18(26)16-21(2,3)29-20-15-9-5-4-8-14(15)19(27)24(16)20/h4-5,8-9,12-13,16,20H,6-7,10-11H2,1-3H3,(H,22,25)(H,23,26)/t12-,13+,16+,20-/m0/s1. The third-order valence-corrected chi connectivity index (χ3v) is 7.36. The number of nitrogens with zero attached hydrogens (tertiary/aromatic N) is 1. The van der Waals surface area contributed by atoms with Crippen LogP contribution in [-0.4, -0.2) is 58.7 Å². The van der Waals surface area contributed by atoms with E-state index in [9.17, 15) is 14.4 Å². The molecule has 1 aromatic carbocycles. The molecule has 0 radical (unpaired) electrons. The lowest BCUT2D eigenvalue weighted by Gasteiger charge is -2.30. The van der Waals surface area contributed by atoms with Gasteiger partial charge in [-0.05, 0) is 45.2 Å². The van der Waals surface area contributed by atoms with Crippen molar-refractivity contribution in [3.8, 4) is 0 Å². The average molecular weight is 418 g/mol. The number of hydrogen-bond acceptors (Lipinski definition) is 5. The number of carbonyl (C=O) groups excluding carboxylic acids is 3. The maximum atomic E-state index is 13.2. The molecular formula is C21H27N3O4S. The van der Waals surface area contributed by atoms with E-state index in [1.54, 1.807) is 29.7 Å². The van der Waals surface area contributed by atoms with Gasteiger partial charge in [0.15, 0.2) is 0 Å². The van der Waals surface area contributed by atoms with Crippen LogP contribution in [0.3, 0.4) is 0 Å². The van der Waals surface area contributed by atoms with E-state index in [0.717, 1.165) is 25.0 Å². The van der Waals surface area contributed by atoms with Crippen LogP contribution in [0.1, 0.15) is 54.9 Å². The van der Waals surface area contributed by atoms with E-state index >= 15 is 0 Å². The lowest BCUT2D eigenvalue weighted by atomic mass is 10.0. The SMILES string of the molecule is C[C@H](NC(=O)[C@H]1N2C(=O)c3ccccc3[C@@H]2SC1(C)C)C(=O)NC[C@H]1CCCO1. The van der Waals surface area contributed by atoms with Gasteiger partial charge in [0.25, 0.3) is 5.91 Å². The van der Waals surface area contributed by atoms with E-state index in [4.69, 9.17) is 4.74 Å². The Hall–Kier alpha value is -2.06. The quantitative estimate of drug-likeness (QED) is 0.763. The lowest BCUT2D eigenvalue weighted by Crippen LogP contribution is -2.56. The second kappa shape index (κ2) is 7.65. The summed E-state index contributed by atoms with van der Waals surface area (Å²) in [5.74, 6) is -0.671. The summed E-state index contributed by atoms with van der Waals surface area (Å²) in [6.45, 7) is 6.78. The molecule has 3 aliphatic heterocycles. The molecule has 3 heterocycles. The molecule has 3 aliphatic rings. The molecule has 2 fully saturated rings. The van der Waals surface area contributed by atoms with Gasteiger partial charge in [0.05, 0.1) is 6.10 Å². The molecular weight excluding hydrogens is 390 g/mol. The first-order valence-corrected chi connectivity index (χ1v) is 11.0. The van der Waals surface area contributed by atoms with Crippen LogP contribution in [0.5, 0.6) is 0 Å². The van der Waals surface area contributed by atoms with Gasteiger partial charge in [0.2, 0.25) is 11.8 Å². The Labute approximate surface area is 174 Å². The minimum atomic E-state index is -0.691. The smallest absolute Gasteiger partial charge is 0.256 e. The van der Waals surface area contributed by atoms with Gasteiger partial charge in [-0.2, -0.15) is 0 Å². The Morgan fingerprint density at radius 2 is 2.10 bits per heavy atom. The van der Waals surface area contributed by atoms with Gasteiger partial charge in [0.1, 0.15) is 17.5 Å². The molecule has 4 rings (SSSR count). The minimum absolute atomic E-state index is 0.0495. The predicted molar refractivity (Wildman–Crippen MR) is 110 cm³/mol. The molecule has 0 bridgehead atoms. The van der Waals surface area contributed by atoms with Crippen LogP contribution in [0, 0.1) is 0 Å². The Morgan fingerprint density at radius 1 is 1.34 bits per heavy atom. The number of fused-ring (bicyclic) bond motifs is 3. The largest absolute Gasteiger partial charge is 0.376 e. The van der Waals surface area contributed by atoms with Crippen molar-refractivity contribution in [3.05, 3.63) is 35.4 Å². The zero-order valence-electron chi connectivity index (χ0n) is 16.9. The topological polar surface area (TPSA) is 87.7 Å². The van der Waals surface area contributed by atoms with E-state index in [1.165, 1.54) is 0 Å². The molecule has 2 saturated heterocycles. The summed E-state index contributed by atoms with van der Waals surface area (Å²) < 4.78 is 5.05. The molecule has 7 nitrogen and oxygen atoms in total. The van der Waals surface area contributed by atoms with E-state index < -0.39 is 16.8 Å². The first-order valence-electron chi connectivity index (χ1n) is 10.1. The summed E-state index contributed by atoms with van der Waals surface area (Å²) in [4.78, 5) is 40.2. The van der Waals surface area contributed by atoms with Crippen LogP contribution < -0.4 is 10.6 Å². The number of nitrogens with one attached hydrogen (secondary N) is 2. The highest BCUT2D eigenvalue weighted by Crippen LogP contribution is 2.56. The van der Waals surface area contributed by atoms with E-state index in [2.05, 4.69) is 10.6 Å². The van der Waals surface area contributed by atoms with Crippen molar-refractivity contribution in [1.29, 1.82) is 0 Å². The molecule has 0 saturated carbocycles. The van der Waals surface area contributed by atoms with Crippen molar-refractivity contribution in [3.63, 3.8) is 0 Å². The highest BCUT2D eigenvalue weighted by molar-refractivity contribution is 8.01. The molecule has 0 aromatic heterocycles. The first kappa shape index (κ1) is 20.2. The Bertz CT molecular complexity index is 837. The fraction of sp³-hybridized carbons (Fsp3) is 0.571. The Kier molecular flexibility index (Phi) is 5.33. The number of hydrogen-bond donors (Lipinski definition) is 2. The van der Waals surface area contributed by atoms with Gasteiger partial charge in [0, 0.05) is 23.5 Å². The molecule has 0 unspecified atom stereocenters. The van der Waals surface area contributed by atoms with E-state index in [0.29, 0.717) is 12.1 Å². The summed E-state index contributed by atoms with van der Waals surface area (Å²) in [5, 5.41) is 5.49. The second-order valence-electron chi connectivity index (χ2n) is 8.39. The average Bonchev–Trinajstić information content (AvgIpc) is 3.36. The zero-order valence-corrected chi connectivity index (χ0v) is 17.8. The summed E-state index contributed by atoms with van der Waals surface area (Å²) >= 11 is 1.61. The van der Waals surface area contributed by atoms with Gasteiger partial charge in [-0.1, -0.05) is 18.2 Å². The van der Waals surface area contributed by atoms with Crippen molar-refractivity contribution >= 4 is 29.5 Å². The van der Waals surface area contributed by atoms with Crippen molar-refractivity contribution in [2.75, 3.05) is 13.2 Å². The molecule has 0 aliphatic carbocycles. The predicted octanol–water partition coefficient (Wildman–Crippen LogP) is 1.83. The summed E-state index contributed by atoms with van der Waals surface area (Å²) in [6, 6.07) is 6.17. The van der Waals surface area contributed by atoms with Gasteiger partial charge in [-0.3, -0.25) is 14.4 Å². The van der Waals surface area contributed by atoms with Crippen LogP contribution >= 0.6 is 11.8 Å². The molecule has 3 amide bonds. The third-order valence-electron chi connectivity index (χ3n) is 5.82. The summed E-state index contributed by atoms with van der Waals surface area (Å²) in [6.07, 6.45) is 2.00. The van der Waals surface area contributed by atoms with Gasteiger partial charge >= 0.3 is 0 Å². The molecule has 156 valence electrons. The van der Waals surface area contributed by atoms with Crippen LogP contribution in [0.2, 0.25) is 0 Å². The van der Waals surface area contributed by atoms with E-state index in [1.807, 2.05) is 32.0 Å². The molecule has 4 atom stereocenters. The highest BCUT2D eigenvalue weighted by Gasteiger charge is 2.57. The molecule has 0 spiro atoms. The van der Waals surface area contributed by atoms with Crippen molar-refractivity contribution in [2.24, 2.45) is 0 Å². The number of amides is 3. The van der Waals surface area contributed by atoms with Gasteiger partial charge < -0.3 is 20.3 Å². The normalized spacial score (nSPS) is 28.0. The zero-order chi connectivity index (χ0) is 20.8. The summed E-state index contributed by atoms with van der Waals surface area (Å²) in [7, 11) is 0. The van der Waals surface area contributed by atoms with Crippen LogP contribution in [0.25, 0.3) is 0 Å². The molecule has 29 heavy (non-hydrogen) atoms. The second-order valence-corrected chi connectivity index (χ2v) is 10.1. The van der Waals surface area contributed by atoms with Crippen LogP contribution in [0.15, 0.2) is 24.3 Å². The maximum Gasteiger partial charge on any atom is 0.256 e. The number of thioether (sulfide) groups is 1. The number of carbonyl (C=O) groups is 3. The number of ether oxygens (including phenoxy) is 1. The molecule has 1 aromatic rings. The maximum absolute atomic E-state index is 13.2. The minimum Gasteiger partial charge on any atom is -0.376 e. The fourth-order valence-corrected chi connectivity index (χ4v) is 5.92. The van der Waals surface area contributed by atoms with Crippen LogP contribution in [-0.2, 0) is 14.3 Å². The number of benzene rings is 1. The van der Waals surface area contributed by atoms with Crippen molar-refractivity contribution < 1.29 is 19.1 Å². The number of rotatable bonds is 5. The van der Waals surface area contributed by atoms with Crippen molar-refractivity contribution in [1.82, 2.24) is 15.5 Å². The van der Waals surface area contributed by atoms with Crippen molar-refractivity contribution in [2.45, 2.75) is 61.9 Å². The van der Waals surface area contributed by atoms with Gasteiger partial charge in [-0.25, -0.2) is 0 Å². The highest BCUT2D eigenvalue weighted by atomic mass is 32.2. The molecule has 8 heteroatoms. The van der Waals surface area contributed by atoms with E-state index in [-0.39, 0.29) is 29.2 Å². The van der Waals surface area contributed by atoms with Gasteiger partial charge in [-0.15, -0.1) is 11.8 Å². The molecule has 2 N–H and O–H groups in total. The Balaban J connectivity index is 1.43. The first-order chi connectivity index (χ1) is 13.8. The lowest BCUT2D eigenvalue weighted by molar-refractivity contribution is -0.131. The van der Waals surface area contributed by atoms with Crippen LogP contribution in [0.4, 0.5) is 0 Å². The monoisotopic (exact) mass is 417 g/mol.